The number of alkyl halides is 3. The Balaban J connectivity index is 1.37. The minimum atomic E-state index is -4.52. The van der Waals surface area contributed by atoms with E-state index in [-0.39, 0.29) is 22.8 Å². The highest BCUT2D eigenvalue weighted by molar-refractivity contribution is 7.22. The highest BCUT2D eigenvalue weighted by Crippen LogP contribution is 2.34. The molecule has 0 radical (unpaired) electrons. The number of nitrogens with zero attached hydrogens (tertiary/aromatic N) is 2. The lowest BCUT2D eigenvalue weighted by atomic mass is 9.93. The van der Waals surface area contributed by atoms with E-state index in [9.17, 15) is 32.7 Å². The number of thiazole rings is 1. The number of anilines is 2. The van der Waals surface area contributed by atoms with E-state index < -0.39 is 42.3 Å². The predicted octanol–water partition coefficient (Wildman–Crippen LogP) is 6.69. The molecule has 9 nitrogen and oxygen atoms in total. The number of aliphatic carboxylic acids is 1. The summed E-state index contributed by atoms with van der Waals surface area (Å²) < 4.78 is 40.1. The molecule has 1 aliphatic rings. The van der Waals surface area contributed by atoms with Gasteiger partial charge in [-0.25, -0.2) is 14.6 Å². The van der Waals surface area contributed by atoms with Crippen LogP contribution in [-0.4, -0.2) is 45.8 Å². The number of amides is 3. The summed E-state index contributed by atoms with van der Waals surface area (Å²) in [6.07, 6.45) is 0.239. The van der Waals surface area contributed by atoms with Crippen molar-refractivity contribution in [3.63, 3.8) is 0 Å². The van der Waals surface area contributed by atoms with Crippen LogP contribution in [-0.2, 0) is 17.5 Å². The molecule has 4 N–H and O–H groups in total. The monoisotopic (exact) mass is 638 g/mol. The molecule has 0 fully saturated rings. The molecule has 5 rings (SSSR count). The lowest BCUT2D eigenvalue weighted by Gasteiger charge is -2.24. The van der Waals surface area contributed by atoms with Crippen molar-refractivity contribution < 1.29 is 37.8 Å². The lowest BCUT2D eigenvalue weighted by Crippen LogP contribution is -2.36. The first kappa shape index (κ1) is 31.7. The maximum atomic E-state index is 13.6. The summed E-state index contributed by atoms with van der Waals surface area (Å²) in [6, 6.07) is 16.5. The van der Waals surface area contributed by atoms with Gasteiger partial charge >= 0.3 is 18.2 Å². The van der Waals surface area contributed by atoms with Crippen molar-refractivity contribution in [1.82, 2.24) is 10.3 Å². The topological polar surface area (TPSA) is 132 Å². The second-order valence-electron chi connectivity index (χ2n) is 10.5. The van der Waals surface area contributed by atoms with Gasteiger partial charge in [-0.1, -0.05) is 41.7 Å². The number of hydrogen-bond donors (Lipinski definition) is 4. The molecule has 234 valence electrons. The van der Waals surface area contributed by atoms with Gasteiger partial charge in [0.15, 0.2) is 11.2 Å². The highest BCUT2D eigenvalue weighted by Gasteiger charge is 2.31. The summed E-state index contributed by atoms with van der Waals surface area (Å²) in [7, 11) is 0. The van der Waals surface area contributed by atoms with Gasteiger partial charge in [0.05, 0.1) is 28.9 Å². The van der Waals surface area contributed by atoms with Crippen molar-refractivity contribution in [1.29, 1.82) is 0 Å². The summed E-state index contributed by atoms with van der Waals surface area (Å²) in [5.41, 5.74) is 3.05. The van der Waals surface area contributed by atoms with Crippen molar-refractivity contribution in [2.24, 2.45) is 0 Å². The number of benzene rings is 3. The molecule has 0 saturated carbocycles. The van der Waals surface area contributed by atoms with Gasteiger partial charge < -0.3 is 15.5 Å². The van der Waals surface area contributed by atoms with E-state index in [1.54, 1.807) is 12.1 Å². The molecule has 1 aliphatic carbocycles. The first-order valence-electron chi connectivity index (χ1n) is 14.1. The number of urea groups is 1. The Hall–Kier alpha value is -4.75. The van der Waals surface area contributed by atoms with Gasteiger partial charge in [-0.05, 0) is 84.8 Å². The Bertz CT molecular complexity index is 1740. The Morgan fingerprint density at radius 1 is 1.00 bits per heavy atom. The molecule has 1 atom stereocenters. The van der Waals surface area contributed by atoms with Gasteiger partial charge in [0, 0.05) is 11.3 Å². The number of aliphatic hydroxyl groups excluding tert-OH is 1. The van der Waals surface area contributed by atoms with Crippen LogP contribution in [0.5, 0.6) is 0 Å². The number of carbonyl (C=O) groups excluding carboxylic acids is 2. The van der Waals surface area contributed by atoms with Gasteiger partial charge in [0.25, 0.3) is 5.91 Å². The van der Waals surface area contributed by atoms with Gasteiger partial charge in [0.2, 0.25) is 0 Å². The van der Waals surface area contributed by atoms with Crippen molar-refractivity contribution in [2.75, 3.05) is 16.8 Å². The smallest absolute Gasteiger partial charge is 0.416 e. The van der Waals surface area contributed by atoms with Crippen LogP contribution in [0.15, 0.2) is 72.8 Å². The van der Waals surface area contributed by atoms with Crippen molar-refractivity contribution >= 4 is 55.9 Å². The molecular formula is C32H29F3N4O5S. The number of aliphatic hydroxyl groups is 1. The van der Waals surface area contributed by atoms with E-state index in [0.29, 0.717) is 16.0 Å². The first-order valence-corrected chi connectivity index (χ1v) is 14.9. The van der Waals surface area contributed by atoms with E-state index in [2.05, 4.69) is 21.7 Å². The van der Waals surface area contributed by atoms with Gasteiger partial charge in [0.1, 0.15) is 0 Å². The summed E-state index contributed by atoms with van der Waals surface area (Å²) in [4.78, 5) is 42.5. The number of aromatic nitrogens is 1. The van der Waals surface area contributed by atoms with Crippen LogP contribution in [0.4, 0.5) is 28.8 Å². The standard InChI is InChI=1S/C32H29F3N4O5S/c33-32(34,35)23-12-15-27-25(16-23)37-30(45-27)38-31(44)39(24-13-10-21(11-14-24)20-4-2-1-3-5-20)18-19-6-8-22(9-7-19)28(41)36-17-26(40)29(42)43/h4,6-16,26,40H,1-3,5,17-18H2,(H,36,41)(H,42,43)(H,37,38,44)/t26-/m1/s1. The number of fused-ring (bicyclic) bond motifs is 1. The van der Waals surface area contributed by atoms with Crippen molar-refractivity contribution in [3.8, 4) is 0 Å². The molecule has 0 unspecified atom stereocenters. The summed E-state index contributed by atoms with van der Waals surface area (Å²) in [5.74, 6) is -2.03. The summed E-state index contributed by atoms with van der Waals surface area (Å²) >= 11 is 1.06. The van der Waals surface area contributed by atoms with Crippen LogP contribution in [0.25, 0.3) is 15.8 Å². The Labute approximate surface area is 260 Å². The molecule has 4 aromatic rings. The number of allylic oxidation sites excluding steroid dienone is 2. The van der Waals surface area contributed by atoms with E-state index in [1.165, 1.54) is 28.7 Å². The Morgan fingerprint density at radius 3 is 2.38 bits per heavy atom. The quantitative estimate of drug-likeness (QED) is 0.162. The van der Waals surface area contributed by atoms with Crippen LogP contribution in [0, 0.1) is 0 Å². The van der Waals surface area contributed by atoms with E-state index in [1.807, 2.05) is 24.3 Å². The number of rotatable bonds is 9. The minimum Gasteiger partial charge on any atom is -0.479 e. The van der Waals surface area contributed by atoms with Gasteiger partial charge in [-0.2, -0.15) is 13.2 Å². The highest BCUT2D eigenvalue weighted by atomic mass is 32.1. The minimum absolute atomic E-state index is 0.0800. The number of halogens is 3. The van der Waals surface area contributed by atoms with E-state index in [4.69, 9.17) is 5.11 Å². The lowest BCUT2D eigenvalue weighted by molar-refractivity contribution is -0.146. The van der Waals surface area contributed by atoms with E-state index >= 15 is 0 Å². The number of carbonyl (C=O) groups is 3. The summed E-state index contributed by atoms with van der Waals surface area (Å²) in [5, 5.41) is 23.4. The average Bonchev–Trinajstić information content (AvgIpc) is 3.44. The summed E-state index contributed by atoms with van der Waals surface area (Å²) in [6.45, 7) is -0.378. The zero-order chi connectivity index (χ0) is 32.1. The maximum absolute atomic E-state index is 13.6. The molecule has 3 aromatic carbocycles. The number of carboxylic acids is 1. The molecule has 0 aliphatic heterocycles. The Morgan fingerprint density at radius 2 is 1.73 bits per heavy atom. The van der Waals surface area contributed by atoms with Gasteiger partial charge in [-0.15, -0.1) is 0 Å². The number of nitrogens with one attached hydrogen (secondary N) is 2. The molecule has 1 aromatic heterocycles. The van der Waals surface area contributed by atoms with Crippen LogP contribution in [0.1, 0.15) is 52.7 Å². The second kappa shape index (κ2) is 13.5. The van der Waals surface area contributed by atoms with Crippen LogP contribution < -0.4 is 15.5 Å². The van der Waals surface area contributed by atoms with Crippen LogP contribution in [0.3, 0.4) is 0 Å². The number of hydrogen-bond acceptors (Lipinski definition) is 6. The third-order valence-corrected chi connectivity index (χ3v) is 8.26. The second-order valence-corrected chi connectivity index (χ2v) is 11.5. The van der Waals surface area contributed by atoms with Crippen LogP contribution in [0.2, 0.25) is 0 Å². The molecule has 13 heteroatoms. The molecular weight excluding hydrogens is 609 g/mol. The zero-order valence-electron chi connectivity index (χ0n) is 23.8. The average molecular weight is 639 g/mol. The first-order chi connectivity index (χ1) is 21.5. The predicted molar refractivity (Wildman–Crippen MR) is 165 cm³/mol. The largest absolute Gasteiger partial charge is 0.479 e. The fraction of sp³-hybridized carbons (Fsp3) is 0.250. The van der Waals surface area contributed by atoms with Crippen LogP contribution >= 0.6 is 11.3 Å². The zero-order valence-corrected chi connectivity index (χ0v) is 24.6. The molecule has 3 amide bonds. The Kier molecular flexibility index (Phi) is 9.49. The van der Waals surface area contributed by atoms with Crippen molar-refractivity contribution in [3.05, 3.63) is 95.1 Å². The molecule has 45 heavy (non-hydrogen) atoms. The maximum Gasteiger partial charge on any atom is 0.416 e. The molecule has 0 bridgehead atoms. The number of carboxylic acid groups (broad SMARTS) is 1. The fourth-order valence-corrected chi connectivity index (χ4v) is 5.71. The van der Waals surface area contributed by atoms with Gasteiger partial charge in [-0.3, -0.25) is 15.0 Å². The third-order valence-electron chi connectivity index (χ3n) is 7.31. The molecule has 1 heterocycles. The fourth-order valence-electron chi connectivity index (χ4n) is 4.88. The van der Waals surface area contributed by atoms with E-state index in [0.717, 1.165) is 54.7 Å². The SMILES string of the molecule is O=C(NC[C@@H](O)C(=O)O)c1ccc(CN(C(=O)Nc2nc3cc(C(F)(F)F)ccc3s2)c2ccc(C3=CCCCC3)cc2)cc1. The van der Waals surface area contributed by atoms with Crippen molar-refractivity contribution in [2.45, 2.75) is 44.5 Å². The molecule has 0 saturated heterocycles. The molecule has 0 spiro atoms. The normalized spacial score (nSPS) is 14.0. The third kappa shape index (κ3) is 7.86.